The molecule has 24 heavy (non-hydrogen) atoms. The van der Waals surface area contributed by atoms with E-state index in [1.165, 1.54) is 24.3 Å². The monoisotopic (exact) mass is 388 g/mol. The zero-order chi connectivity index (χ0) is 18.5. The quantitative estimate of drug-likeness (QED) is 0.400. The highest BCUT2D eigenvalue weighted by atomic mass is 35.5. The van der Waals surface area contributed by atoms with E-state index in [9.17, 15) is 31.1 Å². The van der Waals surface area contributed by atoms with Crippen LogP contribution in [0.1, 0.15) is 21.5 Å². The molecule has 0 saturated heterocycles. The predicted molar refractivity (Wildman–Crippen MR) is 78.3 cm³/mol. The van der Waals surface area contributed by atoms with E-state index in [1.807, 2.05) is 0 Å². The van der Waals surface area contributed by atoms with Crippen LogP contribution < -0.4 is 0 Å². The maximum absolute atomic E-state index is 12.2. The van der Waals surface area contributed by atoms with Crippen LogP contribution in [0.5, 0.6) is 0 Å². The van der Waals surface area contributed by atoms with Crippen molar-refractivity contribution in [1.29, 1.82) is 0 Å². The van der Waals surface area contributed by atoms with Crippen molar-refractivity contribution < 1.29 is 31.1 Å². The number of aldehydes is 1. The first kappa shape index (κ1) is 20.3. The molecule has 0 atom stereocenters. The summed E-state index contributed by atoms with van der Waals surface area (Å²) in [4.78, 5) is 10.3. The Bertz CT molecular complexity index is 710. The summed E-state index contributed by atoms with van der Waals surface area (Å²) in [7, 11) is 0. The molecule has 0 amide bonds. The standard InChI is InChI=1S/C8H4ClF3O.C7H4ClF3/c9-7-5(4-13)2-1-3-6(7)8(10,11)12;8-6-4-2-1-3-5(6)7(9,10)11/h1-4H;1-4H. The Kier molecular flexibility index (Phi) is 6.68. The van der Waals surface area contributed by atoms with Crippen LogP contribution in [0.25, 0.3) is 0 Å². The second kappa shape index (κ2) is 7.90. The number of benzene rings is 2. The number of hydrogen-bond donors (Lipinski definition) is 0. The third-order valence-electron chi connectivity index (χ3n) is 2.64. The van der Waals surface area contributed by atoms with Crippen LogP contribution in [-0.2, 0) is 12.4 Å². The van der Waals surface area contributed by atoms with Crippen LogP contribution in [0, 0.1) is 0 Å². The maximum Gasteiger partial charge on any atom is 0.417 e. The minimum Gasteiger partial charge on any atom is -0.298 e. The summed E-state index contributed by atoms with van der Waals surface area (Å²) >= 11 is 10.6. The zero-order valence-corrected chi connectivity index (χ0v) is 13.1. The van der Waals surface area contributed by atoms with Gasteiger partial charge in [0, 0.05) is 5.56 Å². The maximum atomic E-state index is 12.2. The third-order valence-corrected chi connectivity index (χ3v) is 3.39. The fourth-order valence-electron chi connectivity index (χ4n) is 1.55. The Morgan fingerprint density at radius 3 is 1.67 bits per heavy atom. The Hall–Kier alpha value is -1.73. The lowest BCUT2D eigenvalue weighted by Gasteiger charge is -2.08. The number of rotatable bonds is 1. The molecule has 130 valence electrons. The van der Waals surface area contributed by atoms with Gasteiger partial charge in [-0.2, -0.15) is 26.3 Å². The molecule has 0 radical (unpaired) electrons. The number of carbonyl (C=O) groups excluding carboxylic acids is 1. The van der Waals surface area contributed by atoms with Gasteiger partial charge in [0.1, 0.15) is 0 Å². The summed E-state index contributed by atoms with van der Waals surface area (Å²) < 4.78 is 72.4. The Labute approximate surface area is 142 Å². The largest absolute Gasteiger partial charge is 0.417 e. The van der Waals surface area contributed by atoms with Gasteiger partial charge in [-0.15, -0.1) is 0 Å². The fourth-order valence-corrected chi connectivity index (χ4v) is 2.07. The fraction of sp³-hybridized carbons (Fsp3) is 0.133. The molecule has 0 aliphatic carbocycles. The van der Waals surface area contributed by atoms with Gasteiger partial charge in [-0.1, -0.05) is 47.5 Å². The molecule has 0 heterocycles. The first-order valence-electron chi connectivity index (χ1n) is 6.11. The van der Waals surface area contributed by atoms with E-state index in [0.717, 1.165) is 18.2 Å². The molecule has 0 N–H and O–H groups in total. The highest BCUT2D eigenvalue weighted by molar-refractivity contribution is 6.33. The van der Waals surface area contributed by atoms with Crippen LogP contribution in [0.2, 0.25) is 10.0 Å². The zero-order valence-electron chi connectivity index (χ0n) is 11.6. The highest BCUT2D eigenvalue weighted by Crippen LogP contribution is 2.35. The van der Waals surface area contributed by atoms with Gasteiger partial charge in [0.2, 0.25) is 0 Å². The molecule has 0 aromatic heterocycles. The van der Waals surface area contributed by atoms with E-state index in [2.05, 4.69) is 0 Å². The van der Waals surface area contributed by atoms with Crippen LogP contribution in [0.4, 0.5) is 26.3 Å². The molecule has 1 nitrogen and oxygen atoms in total. The summed E-state index contributed by atoms with van der Waals surface area (Å²) in [6.07, 6.45) is -8.58. The van der Waals surface area contributed by atoms with Gasteiger partial charge in [-0.3, -0.25) is 4.79 Å². The molecule has 0 unspecified atom stereocenters. The summed E-state index contributed by atoms with van der Waals surface area (Å²) in [5.41, 5.74) is -1.93. The first-order valence-corrected chi connectivity index (χ1v) is 6.86. The normalized spacial score (nSPS) is 11.5. The van der Waals surface area contributed by atoms with Gasteiger partial charge >= 0.3 is 12.4 Å². The Balaban J connectivity index is 0.000000243. The molecule has 0 bridgehead atoms. The van der Waals surface area contributed by atoms with Crippen molar-refractivity contribution in [2.75, 3.05) is 0 Å². The number of hydrogen-bond acceptors (Lipinski definition) is 1. The van der Waals surface area contributed by atoms with Crippen LogP contribution >= 0.6 is 23.2 Å². The molecule has 9 heteroatoms. The van der Waals surface area contributed by atoms with Crippen molar-refractivity contribution in [1.82, 2.24) is 0 Å². The molecule has 0 aliphatic rings. The third kappa shape index (κ3) is 5.42. The van der Waals surface area contributed by atoms with Crippen molar-refractivity contribution in [2.45, 2.75) is 12.4 Å². The summed E-state index contributed by atoms with van der Waals surface area (Å²) in [5.74, 6) is 0. The van der Waals surface area contributed by atoms with E-state index in [4.69, 9.17) is 23.2 Å². The lowest BCUT2D eigenvalue weighted by Crippen LogP contribution is -2.06. The molecule has 2 aromatic carbocycles. The smallest absolute Gasteiger partial charge is 0.298 e. The number of halogens is 8. The molecule has 0 saturated carbocycles. The van der Waals surface area contributed by atoms with Gasteiger partial charge in [0.05, 0.1) is 21.2 Å². The minimum absolute atomic E-state index is 0.156. The topological polar surface area (TPSA) is 17.1 Å². The Morgan fingerprint density at radius 1 is 0.750 bits per heavy atom. The van der Waals surface area contributed by atoms with Gasteiger partial charge < -0.3 is 0 Å². The van der Waals surface area contributed by atoms with Crippen molar-refractivity contribution in [3.05, 3.63) is 69.2 Å². The average molecular weight is 389 g/mol. The molecular weight excluding hydrogens is 381 g/mol. The van der Waals surface area contributed by atoms with Crippen molar-refractivity contribution in [3.63, 3.8) is 0 Å². The molecule has 2 rings (SSSR count). The second-order valence-electron chi connectivity index (χ2n) is 4.30. The second-order valence-corrected chi connectivity index (χ2v) is 5.09. The van der Waals surface area contributed by atoms with Gasteiger partial charge in [-0.05, 0) is 18.2 Å². The lowest BCUT2D eigenvalue weighted by atomic mass is 10.1. The van der Waals surface area contributed by atoms with E-state index in [-0.39, 0.29) is 16.9 Å². The first-order chi connectivity index (χ1) is 11.0. The van der Waals surface area contributed by atoms with Gasteiger partial charge in [0.15, 0.2) is 6.29 Å². The SMILES string of the molecule is FC(F)(F)c1ccccc1Cl.O=Cc1cccc(C(F)(F)F)c1Cl. The highest BCUT2D eigenvalue weighted by Gasteiger charge is 2.34. The predicted octanol–water partition coefficient (Wildman–Crippen LogP) is 6.53. The number of alkyl halides is 6. The summed E-state index contributed by atoms with van der Waals surface area (Å²) in [5, 5.41) is -0.815. The number of carbonyl (C=O) groups is 1. The molecule has 0 spiro atoms. The van der Waals surface area contributed by atoms with Crippen LogP contribution in [0.15, 0.2) is 42.5 Å². The average Bonchev–Trinajstić information content (AvgIpc) is 2.46. The molecule has 2 aromatic rings. The van der Waals surface area contributed by atoms with E-state index < -0.39 is 28.5 Å². The van der Waals surface area contributed by atoms with E-state index >= 15 is 0 Å². The molecule has 0 fully saturated rings. The van der Waals surface area contributed by atoms with E-state index in [1.54, 1.807) is 0 Å². The van der Waals surface area contributed by atoms with Gasteiger partial charge in [0.25, 0.3) is 0 Å². The minimum atomic E-state index is -4.52. The van der Waals surface area contributed by atoms with Crippen LogP contribution in [0.3, 0.4) is 0 Å². The van der Waals surface area contributed by atoms with Crippen molar-refractivity contribution in [2.24, 2.45) is 0 Å². The molecule has 0 aliphatic heterocycles. The van der Waals surface area contributed by atoms with Crippen LogP contribution in [-0.4, -0.2) is 6.29 Å². The molecular formula is C15H8Cl2F6O. The lowest BCUT2D eigenvalue weighted by molar-refractivity contribution is -0.138. The van der Waals surface area contributed by atoms with Crippen molar-refractivity contribution in [3.8, 4) is 0 Å². The summed E-state index contributed by atoms with van der Waals surface area (Å²) in [6.45, 7) is 0. The Morgan fingerprint density at radius 2 is 1.25 bits per heavy atom. The van der Waals surface area contributed by atoms with Gasteiger partial charge in [-0.25, -0.2) is 0 Å². The van der Waals surface area contributed by atoms with E-state index in [0.29, 0.717) is 0 Å². The summed E-state index contributed by atoms with van der Waals surface area (Å²) in [6, 6.07) is 8.11. The van der Waals surface area contributed by atoms with Crippen molar-refractivity contribution >= 4 is 29.5 Å².